The molecule has 0 aliphatic rings. The first-order valence-corrected chi connectivity index (χ1v) is 7.00. The second kappa shape index (κ2) is 5.30. The molecule has 0 aliphatic heterocycles. The maximum absolute atomic E-state index is 12.0. The normalized spacial score (nSPS) is 11.1. The third kappa shape index (κ3) is 3.12. The van der Waals surface area contributed by atoms with Crippen molar-refractivity contribution in [1.29, 1.82) is 0 Å². The van der Waals surface area contributed by atoms with Gasteiger partial charge in [0.1, 0.15) is 10.6 Å². The second-order valence-corrected chi connectivity index (χ2v) is 5.58. The first kappa shape index (κ1) is 14.0. The van der Waals surface area contributed by atoms with Crippen molar-refractivity contribution >= 4 is 16.1 Å². The van der Waals surface area contributed by atoms with Gasteiger partial charge in [0.2, 0.25) is 0 Å². The fourth-order valence-electron chi connectivity index (χ4n) is 1.44. The lowest BCUT2D eigenvalue weighted by Gasteiger charge is -2.07. The van der Waals surface area contributed by atoms with E-state index in [-0.39, 0.29) is 16.3 Å². The number of hydrogen-bond acceptors (Lipinski definition) is 5. The Morgan fingerprint density at radius 2 is 1.80 bits per heavy atom. The van der Waals surface area contributed by atoms with Crippen LogP contribution in [0.2, 0.25) is 0 Å². The van der Waals surface area contributed by atoms with Crippen molar-refractivity contribution in [2.24, 2.45) is 0 Å². The number of aromatic carboxylic acids is 1. The third-order valence-electron chi connectivity index (χ3n) is 2.47. The molecule has 0 amide bonds. The summed E-state index contributed by atoms with van der Waals surface area (Å²) in [7, 11) is -3.95. The monoisotopic (exact) mass is 293 g/mol. The quantitative estimate of drug-likeness (QED) is 0.865. The van der Waals surface area contributed by atoms with E-state index in [4.69, 9.17) is 9.29 Å². The molecule has 2 aromatic rings. The standard InChI is InChI=1S/C13H11NO5S/c1-9-2-5-11(6-3-9)20(17,18)19-10-4-7-12(13(15)16)14-8-10/h2-8H,1H3,(H,15,16). The zero-order chi connectivity index (χ0) is 14.8. The van der Waals surface area contributed by atoms with Crippen molar-refractivity contribution in [2.45, 2.75) is 11.8 Å². The van der Waals surface area contributed by atoms with Crippen LogP contribution >= 0.6 is 0 Å². The summed E-state index contributed by atoms with van der Waals surface area (Å²) in [6.07, 6.45) is 1.05. The largest absolute Gasteiger partial charge is 0.477 e. The van der Waals surface area contributed by atoms with Crippen LogP contribution in [-0.2, 0) is 10.1 Å². The molecule has 1 heterocycles. The van der Waals surface area contributed by atoms with Crippen LogP contribution in [0.5, 0.6) is 5.75 Å². The van der Waals surface area contributed by atoms with Gasteiger partial charge < -0.3 is 9.29 Å². The van der Waals surface area contributed by atoms with Crippen LogP contribution in [0.3, 0.4) is 0 Å². The molecule has 0 radical (unpaired) electrons. The molecule has 20 heavy (non-hydrogen) atoms. The molecule has 0 aliphatic carbocycles. The average Bonchev–Trinajstić information content (AvgIpc) is 2.39. The van der Waals surface area contributed by atoms with Crippen molar-refractivity contribution in [1.82, 2.24) is 4.98 Å². The third-order valence-corrected chi connectivity index (χ3v) is 3.73. The maximum atomic E-state index is 12.0. The fourth-order valence-corrected chi connectivity index (χ4v) is 2.35. The van der Waals surface area contributed by atoms with Crippen LogP contribution < -0.4 is 4.18 Å². The number of benzene rings is 1. The van der Waals surface area contributed by atoms with Crippen molar-refractivity contribution in [3.05, 3.63) is 53.9 Å². The molecule has 6 nitrogen and oxygen atoms in total. The lowest BCUT2D eigenvalue weighted by Crippen LogP contribution is -2.10. The summed E-state index contributed by atoms with van der Waals surface area (Å²) in [5.74, 6) is -1.24. The van der Waals surface area contributed by atoms with Gasteiger partial charge in [0.25, 0.3) is 0 Å². The summed E-state index contributed by atoms with van der Waals surface area (Å²) in [5.41, 5.74) is 0.738. The summed E-state index contributed by atoms with van der Waals surface area (Å²) in [6, 6.07) is 8.59. The van der Waals surface area contributed by atoms with E-state index >= 15 is 0 Å². The molecule has 1 N–H and O–H groups in total. The van der Waals surface area contributed by atoms with E-state index in [1.807, 2.05) is 6.92 Å². The van der Waals surface area contributed by atoms with Gasteiger partial charge in [0, 0.05) is 0 Å². The SMILES string of the molecule is Cc1ccc(S(=O)(=O)Oc2ccc(C(=O)O)nc2)cc1. The van der Waals surface area contributed by atoms with E-state index < -0.39 is 16.1 Å². The number of rotatable bonds is 4. The highest BCUT2D eigenvalue weighted by Crippen LogP contribution is 2.18. The smallest absolute Gasteiger partial charge is 0.354 e. The predicted molar refractivity (Wildman–Crippen MR) is 70.2 cm³/mol. The van der Waals surface area contributed by atoms with E-state index in [0.29, 0.717) is 0 Å². The van der Waals surface area contributed by atoms with Gasteiger partial charge in [0.05, 0.1) is 6.20 Å². The second-order valence-electron chi connectivity index (χ2n) is 4.03. The van der Waals surface area contributed by atoms with E-state index in [0.717, 1.165) is 11.8 Å². The first-order chi connectivity index (χ1) is 9.38. The molecular formula is C13H11NO5S. The Balaban J connectivity index is 2.24. The highest BCUT2D eigenvalue weighted by molar-refractivity contribution is 7.87. The summed E-state index contributed by atoms with van der Waals surface area (Å²) >= 11 is 0. The zero-order valence-corrected chi connectivity index (χ0v) is 11.3. The van der Waals surface area contributed by atoms with Crippen LogP contribution in [0.4, 0.5) is 0 Å². The summed E-state index contributed by atoms with van der Waals surface area (Å²) in [6.45, 7) is 1.84. The van der Waals surface area contributed by atoms with Gasteiger partial charge >= 0.3 is 16.1 Å². The van der Waals surface area contributed by atoms with Crippen molar-refractivity contribution in [3.63, 3.8) is 0 Å². The molecule has 0 saturated carbocycles. The molecule has 0 atom stereocenters. The van der Waals surface area contributed by atoms with E-state index in [2.05, 4.69) is 4.98 Å². The molecule has 1 aromatic carbocycles. The van der Waals surface area contributed by atoms with Crippen LogP contribution in [0.25, 0.3) is 0 Å². The van der Waals surface area contributed by atoms with Gasteiger partial charge in [-0.25, -0.2) is 9.78 Å². The molecule has 1 aromatic heterocycles. The summed E-state index contributed by atoms with van der Waals surface area (Å²) in [5, 5.41) is 8.69. The van der Waals surface area contributed by atoms with Gasteiger partial charge in [0.15, 0.2) is 5.75 Å². The number of aromatic nitrogens is 1. The van der Waals surface area contributed by atoms with E-state index in [1.165, 1.54) is 24.3 Å². The number of carboxylic acid groups (broad SMARTS) is 1. The Kier molecular flexibility index (Phi) is 3.71. The van der Waals surface area contributed by atoms with Crippen molar-refractivity contribution in [2.75, 3.05) is 0 Å². The number of pyridine rings is 1. The average molecular weight is 293 g/mol. The van der Waals surface area contributed by atoms with E-state index in [1.54, 1.807) is 12.1 Å². The van der Waals surface area contributed by atoms with Crippen molar-refractivity contribution in [3.8, 4) is 5.75 Å². The van der Waals surface area contributed by atoms with Gasteiger partial charge in [-0.05, 0) is 31.2 Å². The molecule has 0 fully saturated rings. The van der Waals surface area contributed by atoms with Gasteiger partial charge in [-0.15, -0.1) is 0 Å². The van der Waals surface area contributed by atoms with Crippen molar-refractivity contribution < 1.29 is 22.5 Å². The Hall–Kier alpha value is -2.41. The molecule has 0 saturated heterocycles. The van der Waals surface area contributed by atoms with Gasteiger partial charge in [-0.3, -0.25) is 0 Å². The lowest BCUT2D eigenvalue weighted by molar-refractivity contribution is 0.0690. The molecule has 0 bridgehead atoms. The molecular weight excluding hydrogens is 282 g/mol. The van der Waals surface area contributed by atoms with Gasteiger partial charge in [-0.1, -0.05) is 17.7 Å². The Labute approximate surface area is 115 Å². The predicted octanol–water partition coefficient (Wildman–Crippen LogP) is 1.86. The minimum atomic E-state index is -3.95. The van der Waals surface area contributed by atoms with Crippen LogP contribution in [0, 0.1) is 6.92 Å². The van der Waals surface area contributed by atoms with Crippen LogP contribution in [0.1, 0.15) is 16.1 Å². The fraction of sp³-hybridized carbons (Fsp3) is 0.0769. The zero-order valence-electron chi connectivity index (χ0n) is 10.5. The number of nitrogens with zero attached hydrogens (tertiary/aromatic N) is 1. The Morgan fingerprint density at radius 1 is 1.15 bits per heavy atom. The van der Waals surface area contributed by atoms with Crippen LogP contribution in [-0.4, -0.2) is 24.5 Å². The number of aryl methyl sites for hydroxylation is 1. The van der Waals surface area contributed by atoms with Gasteiger partial charge in [-0.2, -0.15) is 8.42 Å². The minimum Gasteiger partial charge on any atom is -0.477 e. The first-order valence-electron chi connectivity index (χ1n) is 5.59. The molecule has 0 spiro atoms. The molecule has 104 valence electrons. The lowest BCUT2D eigenvalue weighted by atomic mass is 10.2. The highest BCUT2D eigenvalue weighted by atomic mass is 32.2. The van der Waals surface area contributed by atoms with Crippen LogP contribution in [0.15, 0.2) is 47.5 Å². The highest BCUT2D eigenvalue weighted by Gasteiger charge is 2.16. The molecule has 7 heteroatoms. The number of hydrogen-bond donors (Lipinski definition) is 1. The maximum Gasteiger partial charge on any atom is 0.354 e. The molecule has 0 unspecified atom stereocenters. The molecule has 2 rings (SSSR count). The van der Waals surface area contributed by atoms with E-state index in [9.17, 15) is 13.2 Å². The minimum absolute atomic E-state index is 0.0189. The number of carbonyl (C=O) groups is 1. The Bertz CT molecular complexity index is 720. The summed E-state index contributed by atoms with van der Waals surface area (Å²) < 4.78 is 28.8. The number of carboxylic acids is 1. The summed E-state index contributed by atoms with van der Waals surface area (Å²) in [4.78, 5) is 14.2. The Morgan fingerprint density at radius 3 is 2.30 bits per heavy atom. The topological polar surface area (TPSA) is 93.6 Å².